The molecule has 33 heavy (non-hydrogen) atoms. The monoisotopic (exact) mass is 495 g/mol. The third-order valence-electron chi connectivity index (χ3n) is 4.41. The first kappa shape index (κ1) is 26.5. The molecule has 0 saturated carbocycles. The van der Waals surface area contributed by atoms with E-state index < -0.39 is 21.5 Å². The zero-order chi connectivity index (χ0) is 24.8. The summed E-state index contributed by atoms with van der Waals surface area (Å²) in [6.45, 7) is 9.66. The molecule has 0 unspecified atom stereocenters. The maximum atomic E-state index is 13.1. The maximum Gasteiger partial charge on any atom is 0.261 e. The highest BCUT2D eigenvalue weighted by Gasteiger charge is 2.24. The van der Waals surface area contributed by atoms with Gasteiger partial charge in [-0.2, -0.15) is 0 Å². The summed E-state index contributed by atoms with van der Waals surface area (Å²) in [4.78, 5) is 26.5. The highest BCUT2D eigenvalue weighted by Crippen LogP contribution is 2.25. The van der Waals surface area contributed by atoms with E-state index in [9.17, 15) is 18.0 Å². The standard InChI is InChI=1S/C23H30ClN3O5S/c1-6-27(15-21(28)25-23(3,4)5)22(29)19-14-18(12-13-20(19)24)33(30,31)26-16-8-10-17(11-9-16)32-7-2/h8-14,26H,6-7,15H2,1-5H3,(H,25,28). The number of hydrogen-bond donors (Lipinski definition) is 2. The Bertz CT molecular complexity index is 1100. The van der Waals surface area contributed by atoms with Crippen LogP contribution in [0.25, 0.3) is 0 Å². The summed E-state index contributed by atoms with van der Waals surface area (Å²) >= 11 is 6.22. The molecule has 0 radical (unpaired) electrons. The molecule has 8 nitrogen and oxygen atoms in total. The van der Waals surface area contributed by atoms with Crippen molar-refractivity contribution in [3.05, 3.63) is 53.1 Å². The van der Waals surface area contributed by atoms with Gasteiger partial charge in [-0.05, 0) is 77.1 Å². The summed E-state index contributed by atoms with van der Waals surface area (Å²) in [5.41, 5.74) is -0.107. The number of ether oxygens (including phenoxy) is 1. The summed E-state index contributed by atoms with van der Waals surface area (Å²) in [6.07, 6.45) is 0. The van der Waals surface area contributed by atoms with Gasteiger partial charge in [0.05, 0.1) is 28.6 Å². The number of benzene rings is 2. The van der Waals surface area contributed by atoms with E-state index >= 15 is 0 Å². The van der Waals surface area contributed by atoms with E-state index in [1.54, 1.807) is 31.2 Å². The number of sulfonamides is 1. The highest BCUT2D eigenvalue weighted by atomic mass is 35.5. The van der Waals surface area contributed by atoms with Gasteiger partial charge in [-0.3, -0.25) is 14.3 Å². The molecule has 180 valence electrons. The molecule has 10 heteroatoms. The van der Waals surface area contributed by atoms with E-state index in [4.69, 9.17) is 16.3 Å². The maximum absolute atomic E-state index is 13.1. The molecule has 2 N–H and O–H groups in total. The Hall–Kier alpha value is -2.78. The first-order valence-electron chi connectivity index (χ1n) is 10.5. The summed E-state index contributed by atoms with van der Waals surface area (Å²) in [5.74, 6) is -0.241. The number of nitrogens with one attached hydrogen (secondary N) is 2. The van der Waals surface area contributed by atoms with E-state index in [-0.39, 0.29) is 34.5 Å². The number of nitrogens with zero attached hydrogens (tertiary/aromatic N) is 1. The van der Waals surface area contributed by atoms with Crippen molar-refractivity contribution in [2.45, 2.75) is 45.1 Å². The van der Waals surface area contributed by atoms with Crippen LogP contribution in [0.4, 0.5) is 5.69 Å². The predicted octanol–water partition coefficient (Wildman–Crippen LogP) is 3.92. The van der Waals surface area contributed by atoms with Crippen LogP contribution in [0.1, 0.15) is 45.0 Å². The van der Waals surface area contributed by atoms with Crippen molar-refractivity contribution >= 4 is 39.1 Å². The number of anilines is 1. The fraction of sp³-hybridized carbons (Fsp3) is 0.391. The fourth-order valence-corrected chi connectivity index (χ4v) is 4.25. The minimum atomic E-state index is -3.99. The van der Waals surface area contributed by atoms with Gasteiger partial charge in [-0.25, -0.2) is 8.42 Å². The van der Waals surface area contributed by atoms with Crippen LogP contribution in [-0.4, -0.2) is 50.4 Å². The van der Waals surface area contributed by atoms with Gasteiger partial charge in [0.15, 0.2) is 0 Å². The zero-order valence-corrected chi connectivity index (χ0v) is 21.0. The van der Waals surface area contributed by atoms with Gasteiger partial charge in [-0.15, -0.1) is 0 Å². The summed E-state index contributed by atoms with van der Waals surface area (Å²) in [7, 11) is -3.99. The van der Waals surface area contributed by atoms with Crippen LogP contribution in [0.2, 0.25) is 5.02 Å². The van der Waals surface area contributed by atoms with Crippen LogP contribution >= 0.6 is 11.6 Å². The molecule has 0 fully saturated rings. The van der Waals surface area contributed by atoms with E-state index in [1.165, 1.54) is 23.1 Å². The molecule has 0 bridgehead atoms. The number of halogens is 1. The molecule has 0 heterocycles. The second kappa shape index (κ2) is 10.9. The molecule has 0 aromatic heterocycles. The van der Waals surface area contributed by atoms with E-state index in [0.29, 0.717) is 18.0 Å². The average molecular weight is 496 g/mol. The second-order valence-electron chi connectivity index (χ2n) is 8.32. The van der Waals surface area contributed by atoms with E-state index in [0.717, 1.165) is 0 Å². The smallest absolute Gasteiger partial charge is 0.261 e. The van der Waals surface area contributed by atoms with Gasteiger partial charge >= 0.3 is 0 Å². The lowest BCUT2D eigenvalue weighted by Crippen LogP contribution is -2.47. The lowest BCUT2D eigenvalue weighted by Gasteiger charge is -2.25. The normalized spacial score (nSPS) is 11.6. The molecule has 0 atom stereocenters. The van der Waals surface area contributed by atoms with E-state index in [2.05, 4.69) is 10.0 Å². The lowest BCUT2D eigenvalue weighted by atomic mass is 10.1. The van der Waals surface area contributed by atoms with Gasteiger partial charge in [0.25, 0.3) is 15.9 Å². The lowest BCUT2D eigenvalue weighted by molar-refractivity contribution is -0.123. The van der Waals surface area contributed by atoms with Crippen molar-refractivity contribution in [3.8, 4) is 5.75 Å². The van der Waals surface area contributed by atoms with Crippen molar-refractivity contribution in [1.82, 2.24) is 10.2 Å². The Morgan fingerprint density at radius 1 is 1.06 bits per heavy atom. The largest absolute Gasteiger partial charge is 0.494 e. The van der Waals surface area contributed by atoms with Crippen LogP contribution in [0.5, 0.6) is 5.75 Å². The first-order valence-corrected chi connectivity index (χ1v) is 12.4. The van der Waals surface area contributed by atoms with Crippen LogP contribution < -0.4 is 14.8 Å². The molecule has 2 aromatic carbocycles. The third-order valence-corrected chi connectivity index (χ3v) is 6.12. The van der Waals surface area contributed by atoms with Crippen LogP contribution in [0.15, 0.2) is 47.4 Å². The average Bonchev–Trinajstić information content (AvgIpc) is 2.72. The van der Waals surface area contributed by atoms with E-state index in [1.807, 2.05) is 27.7 Å². The molecule has 2 aromatic rings. The van der Waals surface area contributed by atoms with Crippen molar-refractivity contribution in [1.29, 1.82) is 0 Å². The molecule has 0 aliphatic rings. The minimum absolute atomic E-state index is 0.00311. The topological polar surface area (TPSA) is 105 Å². The van der Waals surface area contributed by atoms with Crippen molar-refractivity contribution < 1.29 is 22.7 Å². The predicted molar refractivity (Wildman–Crippen MR) is 129 cm³/mol. The Balaban J connectivity index is 2.25. The fourth-order valence-electron chi connectivity index (χ4n) is 2.96. The van der Waals surface area contributed by atoms with Crippen molar-refractivity contribution in [3.63, 3.8) is 0 Å². The summed E-state index contributed by atoms with van der Waals surface area (Å²) in [6, 6.07) is 10.4. The van der Waals surface area contributed by atoms with Crippen molar-refractivity contribution in [2.24, 2.45) is 0 Å². The number of likely N-dealkylation sites (N-methyl/N-ethyl adjacent to an activating group) is 1. The Labute approximate surface area is 200 Å². The Morgan fingerprint density at radius 3 is 2.24 bits per heavy atom. The minimum Gasteiger partial charge on any atom is -0.494 e. The molecule has 2 rings (SSSR count). The second-order valence-corrected chi connectivity index (χ2v) is 10.4. The van der Waals surface area contributed by atoms with Gasteiger partial charge in [0, 0.05) is 17.8 Å². The van der Waals surface area contributed by atoms with Crippen LogP contribution in [0, 0.1) is 0 Å². The number of hydrogen-bond acceptors (Lipinski definition) is 5. The molecule has 0 spiro atoms. The SMILES string of the molecule is CCOc1ccc(NS(=O)(=O)c2ccc(Cl)c(C(=O)N(CC)CC(=O)NC(C)(C)C)c2)cc1. The number of carbonyl (C=O) groups is 2. The molecule has 0 saturated heterocycles. The van der Waals surface area contributed by atoms with Gasteiger partial charge < -0.3 is 15.0 Å². The molecular formula is C23H30ClN3O5S. The molecule has 0 aliphatic heterocycles. The molecular weight excluding hydrogens is 466 g/mol. The molecule has 2 amide bonds. The number of amides is 2. The van der Waals surface area contributed by atoms with Crippen LogP contribution in [0.3, 0.4) is 0 Å². The first-order chi connectivity index (χ1) is 15.4. The van der Waals surface area contributed by atoms with Gasteiger partial charge in [0.1, 0.15) is 5.75 Å². The Morgan fingerprint density at radius 2 is 1.70 bits per heavy atom. The van der Waals surface area contributed by atoms with Gasteiger partial charge in [-0.1, -0.05) is 11.6 Å². The zero-order valence-electron chi connectivity index (χ0n) is 19.4. The number of carbonyl (C=O) groups excluding carboxylic acids is 2. The molecule has 0 aliphatic carbocycles. The third kappa shape index (κ3) is 7.64. The van der Waals surface area contributed by atoms with Crippen molar-refractivity contribution in [2.75, 3.05) is 24.4 Å². The summed E-state index contributed by atoms with van der Waals surface area (Å²) < 4.78 is 33.6. The highest BCUT2D eigenvalue weighted by molar-refractivity contribution is 7.92. The quantitative estimate of drug-likeness (QED) is 0.548. The van der Waals surface area contributed by atoms with Gasteiger partial charge in [0.2, 0.25) is 5.91 Å². The Kier molecular flexibility index (Phi) is 8.74. The van der Waals surface area contributed by atoms with Crippen LogP contribution in [-0.2, 0) is 14.8 Å². The summed E-state index contributed by atoms with van der Waals surface area (Å²) in [5, 5.41) is 2.89. The number of rotatable bonds is 9.